The van der Waals surface area contributed by atoms with E-state index >= 15 is 0 Å². The van der Waals surface area contributed by atoms with Gasteiger partial charge in [0.25, 0.3) is 0 Å². The summed E-state index contributed by atoms with van der Waals surface area (Å²) in [6.07, 6.45) is 2.38. The number of ether oxygens (including phenoxy) is 2. The number of aromatic nitrogens is 2. The van der Waals surface area contributed by atoms with Crippen LogP contribution in [0.2, 0.25) is 0 Å². The number of likely N-dealkylation sites (tertiary alicyclic amines) is 1. The minimum Gasteiger partial charge on any atom is -0.347 e. The summed E-state index contributed by atoms with van der Waals surface area (Å²) in [6.45, 7) is 6.58. The van der Waals surface area contributed by atoms with Gasteiger partial charge < -0.3 is 9.47 Å². The molecule has 6 heteroatoms. The van der Waals surface area contributed by atoms with Crippen molar-refractivity contribution >= 4 is 11.5 Å². The molecule has 1 aromatic rings. The molecule has 2 aliphatic rings. The molecule has 0 bridgehead atoms. The molecule has 0 amide bonds. The average molecular weight is 269 g/mol. The molecule has 5 nitrogen and oxygen atoms in total. The zero-order valence-electron chi connectivity index (χ0n) is 10.7. The number of rotatable bonds is 3. The highest BCUT2D eigenvalue weighted by atomic mass is 32.1. The van der Waals surface area contributed by atoms with E-state index in [1.807, 2.05) is 5.38 Å². The molecule has 0 N–H and O–H groups in total. The maximum atomic E-state index is 5.79. The highest BCUT2D eigenvalue weighted by molar-refractivity contribution is 7.03. The molecule has 1 aromatic heterocycles. The summed E-state index contributed by atoms with van der Waals surface area (Å²) in [5.41, 5.74) is 1.07. The van der Waals surface area contributed by atoms with Crippen molar-refractivity contribution in [3.63, 3.8) is 0 Å². The molecule has 0 saturated carbocycles. The van der Waals surface area contributed by atoms with Crippen LogP contribution in [0.25, 0.3) is 0 Å². The van der Waals surface area contributed by atoms with Crippen molar-refractivity contribution in [2.75, 3.05) is 26.3 Å². The van der Waals surface area contributed by atoms with E-state index in [0.717, 1.165) is 38.5 Å². The predicted molar refractivity (Wildman–Crippen MR) is 68.2 cm³/mol. The Morgan fingerprint density at radius 2 is 2.33 bits per heavy atom. The van der Waals surface area contributed by atoms with Crippen molar-refractivity contribution in [1.82, 2.24) is 14.5 Å². The van der Waals surface area contributed by atoms with Gasteiger partial charge in [-0.25, -0.2) is 0 Å². The summed E-state index contributed by atoms with van der Waals surface area (Å²) < 4.78 is 15.5. The van der Waals surface area contributed by atoms with E-state index in [-0.39, 0.29) is 5.79 Å². The lowest BCUT2D eigenvalue weighted by Crippen LogP contribution is -2.46. The molecule has 2 fully saturated rings. The van der Waals surface area contributed by atoms with Gasteiger partial charge in [0.2, 0.25) is 0 Å². The summed E-state index contributed by atoms with van der Waals surface area (Å²) >= 11 is 1.42. The fraction of sp³-hybridized carbons (Fsp3) is 0.833. The topological polar surface area (TPSA) is 47.5 Å². The normalized spacial score (nSPS) is 28.6. The third-order valence-electron chi connectivity index (χ3n) is 3.90. The van der Waals surface area contributed by atoms with Gasteiger partial charge >= 0.3 is 0 Å². The summed E-state index contributed by atoms with van der Waals surface area (Å²) in [4.78, 5) is 2.43. The van der Waals surface area contributed by atoms with Crippen molar-refractivity contribution in [2.24, 2.45) is 5.92 Å². The molecule has 3 heterocycles. The molecule has 2 aliphatic heterocycles. The Morgan fingerprint density at radius 3 is 3.06 bits per heavy atom. The quantitative estimate of drug-likeness (QED) is 0.832. The average Bonchev–Trinajstić information content (AvgIpc) is 3.02. The Hall–Kier alpha value is -0.560. The number of hydrogen-bond donors (Lipinski definition) is 0. The molecule has 0 aromatic carbocycles. The Balaban J connectivity index is 1.61. The van der Waals surface area contributed by atoms with Gasteiger partial charge in [-0.05, 0) is 37.8 Å². The first-order valence-corrected chi connectivity index (χ1v) is 7.36. The molecule has 0 spiro atoms. The van der Waals surface area contributed by atoms with Crippen LogP contribution in [0.15, 0.2) is 5.38 Å². The van der Waals surface area contributed by atoms with E-state index in [1.165, 1.54) is 24.4 Å². The molecule has 100 valence electrons. The van der Waals surface area contributed by atoms with Gasteiger partial charge in [-0.2, -0.15) is 0 Å². The van der Waals surface area contributed by atoms with E-state index in [2.05, 4.69) is 21.4 Å². The van der Waals surface area contributed by atoms with E-state index in [1.54, 1.807) is 0 Å². The lowest BCUT2D eigenvalue weighted by Gasteiger charge is -2.39. The van der Waals surface area contributed by atoms with Crippen molar-refractivity contribution in [3.05, 3.63) is 11.1 Å². The summed E-state index contributed by atoms with van der Waals surface area (Å²) in [5, 5.41) is 6.14. The smallest absolute Gasteiger partial charge is 0.169 e. The zero-order valence-corrected chi connectivity index (χ0v) is 11.5. The number of nitrogens with zero attached hydrogens (tertiary/aromatic N) is 3. The van der Waals surface area contributed by atoms with E-state index in [0.29, 0.717) is 5.92 Å². The second kappa shape index (κ2) is 5.21. The van der Waals surface area contributed by atoms with Crippen LogP contribution in [0.3, 0.4) is 0 Å². The van der Waals surface area contributed by atoms with Crippen molar-refractivity contribution < 1.29 is 9.47 Å². The Bertz CT molecular complexity index is 379. The van der Waals surface area contributed by atoms with Crippen LogP contribution in [0.4, 0.5) is 0 Å². The minimum absolute atomic E-state index is 0.376. The maximum Gasteiger partial charge on any atom is 0.169 e. The standard InChI is InChI=1S/C12H19N3O2S/c1-12(16-5-6-17-12)10-3-2-4-15(7-10)8-11-9-18-14-13-11/h9-10H,2-8H2,1H3. The number of piperidine rings is 1. The first kappa shape index (κ1) is 12.5. The fourth-order valence-electron chi connectivity index (χ4n) is 2.88. The SMILES string of the molecule is CC1(C2CCCN(Cc3csnn3)C2)OCCO1. The lowest BCUT2D eigenvalue weighted by molar-refractivity contribution is -0.192. The summed E-state index contributed by atoms with van der Waals surface area (Å²) in [6, 6.07) is 0. The molecule has 3 rings (SSSR count). The monoisotopic (exact) mass is 269 g/mol. The Kier molecular flexibility index (Phi) is 3.61. The maximum absolute atomic E-state index is 5.79. The van der Waals surface area contributed by atoms with Gasteiger partial charge in [-0.15, -0.1) is 5.10 Å². The molecule has 0 aliphatic carbocycles. The molecular weight excluding hydrogens is 250 g/mol. The first-order chi connectivity index (χ1) is 8.76. The molecule has 2 saturated heterocycles. The second-order valence-corrected chi connectivity index (χ2v) is 5.79. The van der Waals surface area contributed by atoms with Crippen LogP contribution in [0.5, 0.6) is 0 Å². The van der Waals surface area contributed by atoms with Crippen molar-refractivity contribution in [3.8, 4) is 0 Å². The van der Waals surface area contributed by atoms with Crippen LogP contribution < -0.4 is 0 Å². The van der Waals surface area contributed by atoms with E-state index in [9.17, 15) is 0 Å². The molecule has 18 heavy (non-hydrogen) atoms. The third-order valence-corrected chi connectivity index (χ3v) is 4.45. The summed E-state index contributed by atoms with van der Waals surface area (Å²) in [5.74, 6) is 0.0827. The van der Waals surface area contributed by atoms with Crippen LogP contribution >= 0.6 is 11.5 Å². The van der Waals surface area contributed by atoms with Gasteiger partial charge in [0.05, 0.1) is 18.9 Å². The van der Waals surface area contributed by atoms with Gasteiger partial charge in [0.15, 0.2) is 5.79 Å². The van der Waals surface area contributed by atoms with Crippen LogP contribution in [-0.2, 0) is 16.0 Å². The van der Waals surface area contributed by atoms with Crippen molar-refractivity contribution in [1.29, 1.82) is 0 Å². The molecule has 1 atom stereocenters. The predicted octanol–water partition coefficient (Wildman–Crippen LogP) is 1.51. The molecule has 1 unspecified atom stereocenters. The van der Waals surface area contributed by atoms with Gasteiger partial charge in [0.1, 0.15) is 0 Å². The third kappa shape index (κ3) is 2.56. The minimum atomic E-state index is -0.376. The Labute approximate surface area is 111 Å². The van der Waals surface area contributed by atoms with E-state index < -0.39 is 0 Å². The zero-order chi connectivity index (χ0) is 12.4. The lowest BCUT2D eigenvalue weighted by atomic mass is 9.90. The fourth-order valence-corrected chi connectivity index (χ4v) is 3.32. The second-order valence-electron chi connectivity index (χ2n) is 5.18. The van der Waals surface area contributed by atoms with E-state index in [4.69, 9.17) is 9.47 Å². The van der Waals surface area contributed by atoms with Crippen LogP contribution in [0, 0.1) is 5.92 Å². The first-order valence-electron chi connectivity index (χ1n) is 6.52. The summed E-state index contributed by atoms with van der Waals surface area (Å²) in [7, 11) is 0. The van der Waals surface area contributed by atoms with Crippen molar-refractivity contribution in [2.45, 2.75) is 32.1 Å². The van der Waals surface area contributed by atoms with Crippen LogP contribution in [-0.4, -0.2) is 46.6 Å². The largest absolute Gasteiger partial charge is 0.347 e. The van der Waals surface area contributed by atoms with Gasteiger partial charge in [-0.3, -0.25) is 4.90 Å². The van der Waals surface area contributed by atoms with Gasteiger partial charge in [-0.1, -0.05) is 4.49 Å². The highest BCUT2D eigenvalue weighted by Crippen LogP contribution is 2.34. The Morgan fingerprint density at radius 1 is 1.50 bits per heavy atom. The highest BCUT2D eigenvalue weighted by Gasteiger charge is 2.41. The molecular formula is C12H19N3O2S. The van der Waals surface area contributed by atoms with Crippen LogP contribution in [0.1, 0.15) is 25.5 Å². The molecule has 0 radical (unpaired) electrons. The van der Waals surface area contributed by atoms with Gasteiger partial charge in [0, 0.05) is 24.4 Å². The number of hydrogen-bond acceptors (Lipinski definition) is 6.